The highest BCUT2D eigenvalue weighted by molar-refractivity contribution is 5.92. The number of rotatable bonds is 8. The van der Waals surface area contributed by atoms with Gasteiger partial charge in [0.1, 0.15) is 11.9 Å². The summed E-state index contributed by atoms with van der Waals surface area (Å²) in [7, 11) is 0. The lowest BCUT2D eigenvalue weighted by atomic mass is 10.2. The summed E-state index contributed by atoms with van der Waals surface area (Å²) in [6, 6.07) is 8.65. The molecular formula is C18H24N4O4. The van der Waals surface area contributed by atoms with Crippen LogP contribution in [0.15, 0.2) is 30.3 Å². The molecule has 1 atom stereocenters. The Morgan fingerprint density at radius 2 is 2.08 bits per heavy atom. The van der Waals surface area contributed by atoms with Crippen molar-refractivity contribution in [3.63, 3.8) is 0 Å². The minimum Gasteiger partial charge on any atom is -0.494 e. The molecule has 1 aromatic carbocycles. The van der Waals surface area contributed by atoms with Gasteiger partial charge in [-0.3, -0.25) is 14.4 Å². The molecule has 4 N–H and O–H groups in total. The van der Waals surface area contributed by atoms with Crippen LogP contribution in [0.5, 0.6) is 5.75 Å². The van der Waals surface area contributed by atoms with E-state index in [2.05, 4.69) is 10.00 Å². The largest absolute Gasteiger partial charge is 0.494 e. The van der Waals surface area contributed by atoms with Gasteiger partial charge in [0, 0.05) is 25.2 Å². The van der Waals surface area contributed by atoms with Gasteiger partial charge in [-0.1, -0.05) is 0 Å². The first kappa shape index (κ1) is 18.4. The van der Waals surface area contributed by atoms with Gasteiger partial charge in [-0.2, -0.15) is 5.10 Å². The summed E-state index contributed by atoms with van der Waals surface area (Å²) in [5.41, 5.74) is 7.24. The van der Waals surface area contributed by atoms with E-state index in [0.717, 1.165) is 38.3 Å². The molecule has 26 heavy (non-hydrogen) atoms. The van der Waals surface area contributed by atoms with E-state index in [4.69, 9.17) is 15.6 Å². The summed E-state index contributed by atoms with van der Waals surface area (Å²) in [6.07, 6.45) is -0.0476. The third-order valence-corrected chi connectivity index (χ3v) is 4.44. The highest BCUT2D eigenvalue weighted by atomic mass is 16.5. The number of primary amides is 1. The van der Waals surface area contributed by atoms with Gasteiger partial charge in [0.2, 0.25) is 5.91 Å². The lowest BCUT2D eigenvalue weighted by molar-refractivity contribution is 0.0915. The Hall–Kier alpha value is -2.42. The van der Waals surface area contributed by atoms with Gasteiger partial charge in [-0.25, -0.2) is 0 Å². The summed E-state index contributed by atoms with van der Waals surface area (Å²) < 4.78 is 7.58. The van der Waals surface area contributed by atoms with Crippen LogP contribution in [0.2, 0.25) is 0 Å². The molecule has 0 saturated heterocycles. The first-order valence-electron chi connectivity index (χ1n) is 8.67. The van der Waals surface area contributed by atoms with E-state index in [-0.39, 0.29) is 6.61 Å². The number of hydrogen-bond donors (Lipinski definition) is 3. The van der Waals surface area contributed by atoms with Crippen molar-refractivity contribution in [3.05, 3.63) is 47.3 Å². The molecule has 8 nitrogen and oxygen atoms in total. The van der Waals surface area contributed by atoms with Gasteiger partial charge in [-0.15, -0.1) is 0 Å². The second-order valence-electron chi connectivity index (χ2n) is 6.35. The number of aromatic nitrogens is 2. The maximum absolute atomic E-state index is 11.0. The fourth-order valence-corrected chi connectivity index (χ4v) is 2.98. The normalized spacial score (nSPS) is 15.5. The Bertz CT molecular complexity index is 744. The van der Waals surface area contributed by atoms with Crippen molar-refractivity contribution in [3.8, 4) is 5.75 Å². The third kappa shape index (κ3) is 4.40. The SMILES string of the molecule is NC(=O)c1ccc(OCCCN2CCn3nc([C@H](O)CO)cc3C2)cc1. The summed E-state index contributed by atoms with van der Waals surface area (Å²) in [5.74, 6) is 0.268. The summed E-state index contributed by atoms with van der Waals surface area (Å²) in [4.78, 5) is 13.3. The number of carbonyl (C=O) groups is 1. The van der Waals surface area contributed by atoms with Crippen molar-refractivity contribution in [1.82, 2.24) is 14.7 Å². The lowest BCUT2D eigenvalue weighted by Gasteiger charge is -2.27. The predicted molar refractivity (Wildman–Crippen MR) is 94.6 cm³/mol. The number of amides is 1. The minimum absolute atomic E-state index is 0.322. The molecule has 0 fully saturated rings. The van der Waals surface area contributed by atoms with Crippen LogP contribution in [0.1, 0.15) is 34.3 Å². The van der Waals surface area contributed by atoms with Crippen molar-refractivity contribution < 1.29 is 19.7 Å². The summed E-state index contributed by atoms with van der Waals surface area (Å²) in [6.45, 7) is 3.57. The van der Waals surface area contributed by atoms with Crippen LogP contribution in [0.3, 0.4) is 0 Å². The van der Waals surface area contributed by atoms with Crippen LogP contribution >= 0.6 is 0 Å². The first-order valence-corrected chi connectivity index (χ1v) is 8.67. The van der Waals surface area contributed by atoms with Gasteiger partial charge in [0.15, 0.2) is 0 Å². The molecule has 0 unspecified atom stereocenters. The Kier molecular flexibility index (Phi) is 5.87. The molecule has 140 valence electrons. The maximum atomic E-state index is 11.0. The second-order valence-corrected chi connectivity index (χ2v) is 6.35. The van der Waals surface area contributed by atoms with Crippen molar-refractivity contribution in [2.45, 2.75) is 25.6 Å². The number of nitrogens with two attached hydrogens (primary N) is 1. The average molecular weight is 360 g/mol. The molecule has 1 aliphatic heterocycles. The molecule has 2 heterocycles. The van der Waals surface area contributed by atoms with Crippen LogP contribution in [0.4, 0.5) is 0 Å². The van der Waals surface area contributed by atoms with Crippen LogP contribution < -0.4 is 10.5 Å². The number of nitrogens with zero attached hydrogens (tertiary/aromatic N) is 3. The first-order chi connectivity index (χ1) is 12.6. The molecule has 0 aliphatic carbocycles. The molecule has 8 heteroatoms. The van der Waals surface area contributed by atoms with E-state index in [0.29, 0.717) is 23.6 Å². The van der Waals surface area contributed by atoms with E-state index < -0.39 is 12.0 Å². The van der Waals surface area contributed by atoms with E-state index in [1.807, 2.05) is 10.7 Å². The number of carbonyl (C=O) groups excluding carboxylic acids is 1. The molecule has 0 bridgehead atoms. The standard InChI is InChI=1S/C18H24N4O4/c19-18(25)13-2-4-15(5-3-13)26-9-1-6-21-7-8-22-14(11-21)10-16(20-22)17(24)12-23/h2-5,10,17,23-24H,1,6-9,11-12H2,(H2,19,25)/t17-/m1/s1. The number of ether oxygens (including phenoxy) is 1. The maximum Gasteiger partial charge on any atom is 0.248 e. The Morgan fingerprint density at radius 3 is 2.77 bits per heavy atom. The quantitative estimate of drug-likeness (QED) is 0.583. The number of hydrogen-bond acceptors (Lipinski definition) is 6. The Morgan fingerprint density at radius 1 is 1.31 bits per heavy atom. The third-order valence-electron chi connectivity index (χ3n) is 4.44. The van der Waals surface area contributed by atoms with Gasteiger partial charge in [0.25, 0.3) is 0 Å². The van der Waals surface area contributed by atoms with Gasteiger partial charge in [0.05, 0.1) is 31.1 Å². The fourth-order valence-electron chi connectivity index (χ4n) is 2.98. The molecule has 1 aromatic heterocycles. The van der Waals surface area contributed by atoms with Crippen LogP contribution in [0.25, 0.3) is 0 Å². The predicted octanol–water partition coefficient (Wildman–Crippen LogP) is 0.292. The highest BCUT2D eigenvalue weighted by Gasteiger charge is 2.20. The second kappa shape index (κ2) is 8.31. The molecule has 0 radical (unpaired) electrons. The Balaban J connectivity index is 1.43. The highest BCUT2D eigenvalue weighted by Crippen LogP contribution is 2.18. The monoisotopic (exact) mass is 360 g/mol. The molecule has 0 saturated carbocycles. The smallest absolute Gasteiger partial charge is 0.248 e. The van der Waals surface area contributed by atoms with E-state index in [9.17, 15) is 9.90 Å². The molecule has 3 rings (SSSR count). The van der Waals surface area contributed by atoms with Crippen LogP contribution in [0, 0.1) is 0 Å². The number of benzene rings is 1. The summed E-state index contributed by atoms with van der Waals surface area (Å²) >= 11 is 0. The molecule has 2 aromatic rings. The van der Waals surface area contributed by atoms with Crippen molar-refractivity contribution in [1.29, 1.82) is 0 Å². The number of fused-ring (bicyclic) bond motifs is 1. The topological polar surface area (TPSA) is 114 Å². The molecule has 1 amide bonds. The Labute approximate surface area is 151 Å². The van der Waals surface area contributed by atoms with Crippen molar-refractivity contribution in [2.75, 3.05) is 26.3 Å². The van der Waals surface area contributed by atoms with Crippen LogP contribution in [-0.2, 0) is 13.1 Å². The zero-order valence-corrected chi connectivity index (χ0v) is 14.5. The van der Waals surface area contributed by atoms with Crippen LogP contribution in [-0.4, -0.2) is 57.1 Å². The lowest BCUT2D eigenvalue weighted by Crippen LogP contribution is -2.35. The zero-order valence-electron chi connectivity index (χ0n) is 14.5. The van der Waals surface area contributed by atoms with E-state index >= 15 is 0 Å². The molecule has 1 aliphatic rings. The van der Waals surface area contributed by atoms with Crippen molar-refractivity contribution in [2.24, 2.45) is 5.73 Å². The van der Waals surface area contributed by atoms with E-state index in [1.54, 1.807) is 24.3 Å². The molecule has 0 spiro atoms. The van der Waals surface area contributed by atoms with Gasteiger partial charge in [-0.05, 0) is 36.8 Å². The fraction of sp³-hybridized carbons (Fsp3) is 0.444. The average Bonchev–Trinajstić information content (AvgIpc) is 3.08. The number of aliphatic hydroxyl groups is 2. The van der Waals surface area contributed by atoms with E-state index in [1.165, 1.54) is 0 Å². The van der Waals surface area contributed by atoms with Gasteiger partial charge >= 0.3 is 0 Å². The van der Waals surface area contributed by atoms with Crippen molar-refractivity contribution >= 4 is 5.91 Å². The molecular weight excluding hydrogens is 336 g/mol. The van der Waals surface area contributed by atoms with Gasteiger partial charge < -0.3 is 20.7 Å². The summed E-state index contributed by atoms with van der Waals surface area (Å²) in [5, 5.41) is 23.1. The zero-order chi connectivity index (χ0) is 18.5. The number of aliphatic hydroxyl groups excluding tert-OH is 2. The minimum atomic E-state index is -0.920.